The van der Waals surface area contributed by atoms with Crippen LogP contribution in [0, 0.1) is 0 Å². The van der Waals surface area contributed by atoms with Gasteiger partial charge in [-0.3, -0.25) is 4.99 Å². The van der Waals surface area contributed by atoms with Crippen LogP contribution in [0.5, 0.6) is 0 Å². The molecule has 0 fully saturated rings. The SMILES string of the molecule is C=C1/C=C\C=C/Cc2ccccc2N1c1cccc(C2=NC(c3cccc(-n4c5c(c6ccccc64)CCC=C5)c3)=CC(c3ccc(-c4nc5ccccc5n4C/C=C\C=C/C)cc3)=CC2)c1. The Labute approximate surface area is 393 Å². The molecule has 6 aromatic carbocycles. The van der Waals surface area contributed by atoms with E-state index < -0.39 is 0 Å². The van der Waals surface area contributed by atoms with Crippen molar-refractivity contribution in [2.45, 2.75) is 39.2 Å². The van der Waals surface area contributed by atoms with Crippen molar-refractivity contribution in [3.8, 4) is 17.1 Å². The van der Waals surface area contributed by atoms with Gasteiger partial charge in [-0.25, -0.2) is 4.98 Å². The molecule has 3 aliphatic rings. The van der Waals surface area contributed by atoms with Gasteiger partial charge in [0.25, 0.3) is 0 Å². The topological polar surface area (TPSA) is 38.4 Å². The summed E-state index contributed by atoms with van der Waals surface area (Å²) in [6, 6.07) is 52.4. The van der Waals surface area contributed by atoms with Crippen molar-refractivity contribution in [1.82, 2.24) is 14.1 Å². The summed E-state index contributed by atoms with van der Waals surface area (Å²) in [5, 5.41) is 1.32. The lowest BCUT2D eigenvalue weighted by Gasteiger charge is -2.28. The normalized spacial score (nSPS) is 16.0. The van der Waals surface area contributed by atoms with Gasteiger partial charge < -0.3 is 14.0 Å². The van der Waals surface area contributed by atoms with Crippen LogP contribution in [0.2, 0.25) is 0 Å². The van der Waals surface area contributed by atoms with Gasteiger partial charge in [0.1, 0.15) is 5.82 Å². The molecule has 5 heteroatoms. The van der Waals surface area contributed by atoms with Gasteiger partial charge in [0, 0.05) is 57.9 Å². The molecule has 11 rings (SSSR count). The van der Waals surface area contributed by atoms with E-state index in [1.807, 2.05) is 13.0 Å². The van der Waals surface area contributed by atoms with Gasteiger partial charge in [0.2, 0.25) is 0 Å². The quantitative estimate of drug-likeness (QED) is 0.136. The van der Waals surface area contributed by atoms with E-state index in [-0.39, 0.29) is 0 Å². The lowest BCUT2D eigenvalue weighted by Crippen LogP contribution is -2.16. The van der Waals surface area contributed by atoms with Crippen molar-refractivity contribution in [3.05, 3.63) is 258 Å². The standard InChI is InChI=1S/C62H51N5/c1-3-4-5-17-40-65-61-33-16-12-29-56(61)64-62(65)47-36-34-45(35-37-47)48-38-39-55(49-23-18-25-51(41-49)66-44(2)20-7-6-8-21-46-22-9-13-30-58(46)66)63-57(43-48)50-24-19-26-52(42-50)67-59-31-14-10-27-53(59)54-28-11-15-32-60(54)67/h3-10,12-20,22-27,29-38,41-43H,2,11,21,28,39-40H2,1H3/b4-3-,8-6-,17-5-,20-7-. The highest BCUT2D eigenvalue weighted by atomic mass is 15.1. The first-order chi connectivity index (χ1) is 33.1. The summed E-state index contributed by atoms with van der Waals surface area (Å²) in [5.74, 6) is 0.952. The number of allylic oxidation sites excluding steroid dienone is 12. The third-order valence-electron chi connectivity index (χ3n) is 13.0. The predicted molar refractivity (Wildman–Crippen MR) is 283 cm³/mol. The Balaban J connectivity index is 1.01. The van der Waals surface area contributed by atoms with Crippen molar-refractivity contribution in [3.63, 3.8) is 0 Å². The van der Waals surface area contributed by atoms with Crippen LogP contribution in [0.15, 0.2) is 230 Å². The van der Waals surface area contributed by atoms with Crippen LogP contribution in [0.4, 0.5) is 11.4 Å². The van der Waals surface area contributed by atoms with Crippen LogP contribution in [0.3, 0.4) is 0 Å². The number of aliphatic imine (C=N–C) groups is 1. The average Bonchev–Trinajstić information content (AvgIpc) is 3.84. The summed E-state index contributed by atoms with van der Waals surface area (Å²) in [5.41, 5.74) is 18.8. The van der Waals surface area contributed by atoms with Gasteiger partial charge in [-0.2, -0.15) is 0 Å². The van der Waals surface area contributed by atoms with Crippen molar-refractivity contribution in [1.29, 1.82) is 0 Å². The fourth-order valence-corrected chi connectivity index (χ4v) is 9.79. The summed E-state index contributed by atoms with van der Waals surface area (Å²) < 4.78 is 4.72. The minimum atomic E-state index is 0.649. The number of benzene rings is 6. The number of anilines is 2. The molecule has 4 heterocycles. The van der Waals surface area contributed by atoms with E-state index in [9.17, 15) is 0 Å². The molecule has 8 aromatic rings. The molecule has 0 saturated carbocycles. The number of hydrogen-bond acceptors (Lipinski definition) is 3. The van der Waals surface area contributed by atoms with Gasteiger partial charge >= 0.3 is 0 Å². The van der Waals surface area contributed by atoms with E-state index in [1.165, 1.54) is 27.7 Å². The minimum absolute atomic E-state index is 0.649. The van der Waals surface area contributed by atoms with Crippen LogP contribution in [0.25, 0.3) is 56.4 Å². The van der Waals surface area contributed by atoms with E-state index in [1.54, 1.807) is 0 Å². The van der Waals surface area contributed by atoms with Crippen molar-refractivity contribution < 1.29 is 0 Å². The van der Waals surface area contributed by atoms with Gasteiger partial charge in [-0.1, -0.05) is 158 Å². The molecule has 5 nitrogen and oxygen atoms in total. The maximum absolute atomic E-state index is 5.62. The molecular formula is C62H51N5. The van der Waals surface area contributed by atoms with E-state index >= 15 is 0 Å². The molecule has 0 atom stereocenters. The molecule has 0 amide bonds. The number of rotatable bonds is 9. The smallest absolute Gasteiger partial charge is 0.141 e. The third-order valence-corrected chi connectivity index (χ3v) is 13.0. The molecular weight excluding hydrogens is 815 g/mol. The zero-order chi connectivity index (χ0) is 45.1. The Morgan fingerprint density at radius 3 is 2.34 bits per heavy atom. The van der Waals surface area contributed by atoms with Crippen molar-refractivity contribution in [2.24, 2.45) is 4.99 Å². The van der Waals surface area contributed by atoms with Crippen molar-refractivity contribution >= 4 is 56.4 Å². The van der Waals surface area contributed by atoms with Crippen LogP contribution < -0.4 is 4.90 Å². The molecule has 0 saturated heterocycles. The molecule has 0 radical (unpaired) electrons. The average molecular weight is 866 g/mol. The fraction of sp³-hybridized carbons (Fsp3) is 0.0968. The second-order valence-electron chi connectivity index (χ2n) is 17.2. The molecule has 2 aromatic heterocycles. The number of hydrogen-bond donors (Lipinski definition) is 0. The number of fused-ring (bicyclic) bond motifs is 5. The number of imidazole rings is 1. The first-order valence-electron chi connectivity index (χ1n) is 23.3. The second-order valence-corrected chi connectivity index (χ2v) is 17.2. The maximum Gasteiger partial charge on any atom is 0.141 e. The Hall–Kier alpha value is -8.28. The second kappa shape index (κ2) is 18.3. The first-order valence-corrected chi connectivity index (χ1v) is 23.3. The predicted octanol–water partition coefficient (Wildman–Crippen LogP) is 15.4. The fourth-order valence-electron chi connectivity index (χ4n) is 9.79. The Morgan fingerprint density at radius 2 is 1.45 bits per heavy atom. The van der Waals surface area contributed by atoms with E-state index in [2.05, 4.69) is 233 Å². The number of aromatic nitrogens is 3. The summed E-state index contributed by atoms with van der Waals surface area (Å²) in [4.78, 5) is 13.0. The minimum Gasteiger partial charge on any atom is -0.320 e. The summed E-state index contributed by atoms with van der Waals surface area (Å²) in [6.45, 7) is 7.30. The van der Waals surface area contributed by atoms with Gasteiger partial charge in [0.05, 0.1) is 28.0 Å². The summed E-state index contributed by atoms with van der Waals surface area (Å²) >= 11 is 0. The highest BCUT2D eigenvalue weighted by molar-refractivity contribution is 6.08. The highest BCUT2D eigenvalue weighted by Gasteiger charge is 2.21. The third kappa shape index (κ3) is 8.10. The number of nitrogens with zero attached hydrogens (tertiary/aromatic N) is 5. The highest BCUT2D eigenvalue weighted by Crippen LogP contribution is 2.38. The lowest BCUT2D eigenvalue weighted by atomic mass is 9.99. The number of aryl methyl sites for hydroxylation is 1. The number of para-hydroxylation sites is 4. The van der Waals surface area contributed by atoms with Gasteiger partial charge in [-0.15, -0.1) is 0 Å². The lowest BCUT2D eigenvalue weighted by molar-refractivity contribution is 0.860. The van der Waals surface area contributed by atoms with E-state index in [0.717, 1.165) is 105 Å². The Kier molecular flexibility index (Phi) is 11.3. The Morgan fingerprint density at radius 1 is 0.672 bits per heavy atom. The van der Waals surface area contributed by atoms with Crippen LogP contribution in [-0.2, 0) is 19.4 Å². The molecule has 2 aliphatic heterocycles. The maximum atomic E-state index is 5.62. The van der Waals surface area contributed by atoms with Gasteiger partial charge in [0.15, 0.2) is 0 Å². The molecule has 0 spiro atoms. The van der Waals surface area contributed by atoms with E-state index in [0.29, 0.717) is 6.42 Å². The monoisotopic (exact) mass is 865 g/mol. The molecule has 0 bridgehead atoms. The molecule has 67 heavy (non-hydrogen) atoms. The molecule has 1 aliphatic carbocycles. The van der Waals surface area contributed by atoms with Crippen LogP contribution >= 0.6 is 0 Å². The van der Waals surface area contributed by atoms with Crippen molar-refractivity contribution in [2.75, 3.05) is 4.90 Å². The summed E-state index contributed by atoms with van der Waals surface area (Å²) in [6.07, 6.45) is 29.7. The zero-order valence-corrected chi connectivity index (χ0v) is 37.8. The van der Waals surface area contributed by atoms with Crippen LogP contribution in [0.1, 0.15) is 53.3 Å². The first kappa shape index (κ1) is 41.4. The largest absolute Gasteiger partial charge is 0.320 e. The molecule has 0 N–H and O–H groups in total. The van der Waals surface area contributed by atoms with E-state index in [4.69, 9.17) is 9.98 Å². The Bertz CT molecular complexity index is 3460. The molecule has 324 valence electrons. The summed E-state index contributed by atoms with van der Waals surface area (Å²) in [7, 11) is 0. The zero-order valence-electron chi connectivity index (χ0n) is 37.8. The van der Waals surface area contributed by atoms with Crippen LogP contribution in [-0.4, -0.2) is 19.8 Å². The van der Waals surface area contributed by atoms with Gasteiger partial charge in [-0.05, 0) is 121 Å². The molecule has 0 unspecified atom stereocenters.